The van der Waals surface area contributed by atoms with E-state index in [9.17, 15) is 4.79 Å². The molecule has 0 unspecified atom stereocenters. The van der Waals surface area contributed by atoms with Gasteiger partial charge in [-0.15, -0.1) is 0 Å². The van der Waals surface area contributed by atoms with Gasteiger partial charge in [0.1, 0.15) is 0 Å². The fraction of sp³-hybridized carbons (Fsp3) is 0.133. The average Bonchev–Trinajstić information content (AvgIpc) is 2.36. The third kappa shape index (κ3) is 2.89. The van der Waals surface area contributed by atoms with Gasteiger partial charge in [0.05, 0.1) is 27.0 Å². The van der Waals surface area contributed by atoms with Crippen molar-refractivity contribution in [2.45, 2.75) is 13.8 Å². The molecule has 2 rings (SSSR count). The number of carbonyl (C=O) groups is 1. The smallest absolute Gasteiger partial charge is 0.257 e. The maximum absolute atomic E-state index is 12.3. The number of nitrogens with one attached hydrogen (secondary N) is 1. The molecular formula is C15H14Cl2N2O. The van der Waals surface area contributed by atoms with Crippen molar-refractivity contribution in [2.24, 2.45) is 0 Å². The Morgan fingerprint density at radius 2 is 1.85 bits per heavy atom. The summed E-state index contributed by atoms with van der Waals surface area (Å²) in [5.74, 6) is -0.334. The maximum atomic E-state index is 12.3. The Kier molecular flexibility index (Phi) is 4.21. The molecule has 0 aliphatic carbocycles. The molecule has 3 nitrogen and oxygen atoms in total. The molecule has 0 saturated carbocycles. The van der Waals surface area contributed by atoms with E-state index in [0.717, 1.165) is 11.1 Å². The predicted octanol–water partition coefficient (Wildman–Crippen LogP) is 4.44. The van der Waals surface area contributed by atoms with Gasteiger partial charge in [-0.25, -0.2) is 0 Å². The van der Waals surface area contributed by atoms with Crippen LogP contribution in [0.5, 0.6) is 0 Å². The van der Waals surface area contributed by atoms with Gasteiger partial charge in [0.25, 0.3) is 5.91 Å². The zero-order valence-corrected chi connectivity index (χ0v) is 12.6. The molecule has 0 spiro atoms. The Morgan fingerprint density at radius 3 is 2.50 bits per heavy atom. The van der Waals surface area contributed by atoms with Gasteiger partial charge in [-0.2, -0.15) is 0 Å². The zero-order valence-electron chi connectivity index (χ0n) is 11.1. The van der Waals surface area contributed by atoms with Crippen molar-refractivity contribution < 1.29 is 4.79 Å². The van der Waals surface area contributed by atoms with Crippen LogP contribution in [0, 0.1) is 13.8 Å². The van der Waals surface area contributed by atoms with Crippen LogP contribution in [0.1, 0.15) is 21.5 Å². The second kappa shape index (κ2) is 5.73. The molecule has 2 aromatic rings. The molecule has 104 valence electrons. The van der Waals surface area contributed by atoms with E-state index in [4.69, 9.17) is 28.9 Å². The maximum Gasteiger partial charge on any atom is 0.257 e. The van der Waals surface area contributed by atoms with E-state index in [1.807, 2.05) is 19.9 Å². The van der Waals surface area contributed by atoms with E-state index in [1.165, 1.54) is 0 Å². The molecule has 3 N–H and O–H groups in total. The Bertz CT molecular complexity index is 661. The van der Waals surface area contributed by atoms with E-state index in [2.05, 4.69) is 5.32 Å². The minimum atomic E-state index is -0.334. The van der Waals surface area contributed by atoms with E-state index < -0.39 is 0 Å². The van der Waals surface area contributed by atoms with Crippen LogP contribution in [-0.2, 0) is 0 Å². The Hall–Kier alpha value is -1.71. The van der Waals surface area contributed by atoms with Gasteiger partial charge in [-0.05, 0) is 43.2 Å². The van der Waals surface area contributed by atoms with Crippen LogP contribution < -0.4 is 11.1 Å². The van der Waals surface area contributed by atoms with Gasteiger partial charge in [0.15, 0.2) is 0 Å². The lowest BCUT2D eigenvalue weighted by atomic mass is 10.1. The van der Waals surface area contributed by atoms with Crippen molar-refractivity contribution in [3.8, 4) is 0 Å². The first-order valence-corrected chi connectivity index (χ1v) is 6.78. The summed E-state index contributed by atoms with van der Waals surface area (Å²) in [4.78, 5) is 12.3. The fourth-order valence-corrected chi connectivity index (χ4v) is 2.53. The third-order valence-electron chi connectivity index (χ3n) is 2.97. The van der Waals surface area contributed by atoms with Gasteiger partial charge in [0, 0.05) is 0 Å². The summed E-state index contributed by atoms with van der Waals surface area (Å²) in [6.07, 6.45) is 0. The molecule has 0 bridgehead atoms. The van der Waals surface area contributed by atoms with Crippen LogP contribution in [0.3, 0.4) is 0 Å². The van der Waals surface area contributed by atoms with Crippen molar-refractivity contribution in [3.63, 3.8) is 0 Å². The van der Waals surface area contributed by atoms with Crippen molar-refractivity contribution in [1.82, 2.24) is 0 Å². The van der Waals surface area contributed by atoms with Crippen LogP contribution in [0.15, 0.2) is 30.3 Å². The number of nitrogens with two attached hydrogens (primary N) is 1. The normalized spacial score (nSPS) is 10.4. The minimum Gasteiger partial charge on any atom is -0.397 e. The quantitative estimate of drug-likeness (QED) is 0.806. The van der Waals surface area contributed by atoms with Crippen LogP contribution in [0.25, 0.3) is 0 Å². The lowest BCUT2D eigenvalue weighted by Gasteiger charge is -2.13. The molecule has 5 heteroatoms. The van der Waals surface area contributed by atoms with Gasteiger partial charge in [-0.3, -0.25) is 4.79 Å². The molecule has 1 amide bonds. The van der Waals surface area contributed by atoms with Gasteiger partial charge >= 0.3 is 0 Å². The standard InChI is InChI=1S/C15H14Cl2N2O/c1-8-6-9(2)14(12(17)7-8)19-15(20)10-4-3-5-11(16)13(10)18/h3-7H,18H2,1-2H3,(H,19,20). The minimum absolute atomic E-state index is 0.257. The molecule has 0 radical (unpaired) electrons. The molecular weight excluding hydrogens is 295 g/mol. The molecule has 0 saturated heterocycles. The number of benzene rings is 2. The van der Waals surface area contributed by atoms with E-state index in [-0.39, 0.29) is 11.6 Å². The van der Waals surface area contributed by atoms with Gasteiger partial charge in [0.2, 0.25) is 0 Å². The summed E-state index contributed by atoms with van der Waals surface area (Å²) in [7, 11) is 0. The van der Waals surface area contributed by atoms with Crippen molar-refractivity contribution in [3.05, 3.63) is 57.1 Å². The summed E-state index contributed by atoms with van der Waals surface area (Å²) >= 11 is 12.1. The molecule has 2 aromatic carbocycles. The number of hydrogen-bond acceptors (Lipinski definition) is 2. The number of nitrogen functional groups attached to an aromatic ring is 1. The number of para-hydroxylation sites is 1. The predicted molar refractivity (Wildman–Crippen MR) is 84.7 cm³/mol. The largest absolute Gasteiger partial charge is 0.397 e. The molecule has 0 aliphatic rings. The van der Waals surface area contributed by atoms with Gasteiger partial charge < -0.3 is 11.1 Å². The number of halogens is 2. The number of amides is 1. The van der Waals surface area contributed by atoms with E-state index in [0.29, 0.717) is 21.3 Å². The number of rotatable bonds is 2. The summed E-state index contributed by atoms with van der Waals surface area (Å²) < 4.78 is 0. The Labute approximate surface area is 127 Å². The summed E-state index contributed by atoms with van der Waals surface area (Å²) in [6, 6.07) is 8.68. The van der Waals surface area contributed by atoms with E-state index in [1.54, 1.807) is 24.3 Å². The van der Waals surface area contributed by atoms with Crippen LogP contribution in [-0.4, -0.2) is 5.91 Å². The molecule has 0 aromatic heterocycles. The molecule has 20 heavy (non-hydrogen) atoms. The first-order chi connectivity index (χ1) is 9.40. The summed E-state index contributed by atoms with van der Waals surface area (Å²) in [6.45, 7) is 3.83. The first-order valence-electron chi connectivity index (χ1n) is 6.02. The monoisotopic (exact) mass is 308 g/mol. The molecule has 0 fully saturated rings. The van der Waals surface area contributed by atoms with Gasteiger partial charge in [-0.1, -0.05) is 35.3 Å². The average molecular weight is 309 g/mol. The lowest BCUT2D eigenvalue weighted by molar-refractivity contribution is 0.102. The number of anilines is 2. The fourth-order valence-electron chi connectivity index (χ4n) is 1.99. The second-order valence-corrected chi connectivity index (χ2v) is 5.41. The van der Waals surface area contributed by atoms with Crippen molar-refractivity contribution in [2.75, 3.05) is 11.1 Å². The van der Waals surface area contributed by atoms with Crippen LogP contribution in [0.4, 0.5) is 11.4 Å². The highest BCUT2D eigenvalue weighted by Gasteiger charge is 2.14. The molecule has 0 heterocycles. The zero-order chi connectivity index (χ0) is 14.9. The Balaban J connectivity index is 2.36. The highest BCUT2D eigenvalue weighted by atomic mass is 35.5. The molecule has 0 atom stereocenters. The van der Waals surface area contributed by atoms with Crippen LogP contribution in [0.2, 0.25) is 10.0 Å². The summed E-state index contributed by atoms with van der Waals surface area (Å²) in [5, 5.41) is 3.63. The SMILES string of the molecule is Cc1cc(C)c(NC(=O)c2cccc(Cl)c2N)c(Cl)c1. The van der Waals surface area contributed by atoms with Crippen LogP contribution >= 0.6 is 23.2 Å². The van der Waals surface area contributed by atoms with Crippen molar-refractivity contribution >= 4 is 40.5 Å². The third-order valence-corrected chi connectivity index (χ3v) is 3.60. The topological polar surface area (TPSA) is 55.1 Å². The second-order valence-electron chi connectivity index (χ2n) is 4.59. The summed E-state index contributed by atoms with van der Waals surface area (Å²) in [5.41, 5.74) is 8.91. The highest BCUT2D eigenvalue weighted by molar-refractivity contribution is 6.35. The lowest BCUT2D eigenvalue weighted by Crippen LogP contribution is -2.15. The van der Waals surface area contributed by atoms with Crippen molar-refractivity contribution in [1.29, 1.82) is 0 Å². The number of carbonyl (C=O) groups excluding carboxylic acids is 1. The van der Waals surface area contributed by atoms with E-state index >= 15 is 0 Å². The number of hydrogen-bond donors (Lipinski definition) is 2. The number of aryl methyl sites for hydroxylation is 2. The highest BCUT2D eigenvalue weighted by Crippen LogP contribution is 2.29. The first kappa shape index (κ1) is 14.7. The molecule has 0 aliphatic heterocycles. The Morgan fingerprint density at radius 1 is 1.15 bits per heavy atom.